The van der Waals surface area contributed by atoms with Gasteiger partial charge >= 0.3 is 0 Å². The maximum Gasteiger partial charge on any atom is 0.277 e. The second-order valence-corrected chi connectivity index (χ2v) is 4.37. The molecule has 1 aromatic rings. The summed E-state index contributed by atoms with van der Waals surface area (Å²) in [5.74, 6) is -0.121. The minimum absolute atomic E-state index is 0.204. The van der Waals surface area contributed by atoms with Gasteiger partial charge in [-0.1, -0.05) is 6.92 Å². The SMILES string of the molecule is CCC(=O)NNC(=O)c1c(OC)ccc(Br)c1OC. The van der Waals surface area contributed by atoms with Gasteiger partial charge in [0.2, 0.25) is 5.91 Å². The first kappa shape index (κ1) is 15.3. The maximum absolute atomic E-state index is 12.1. The molecule has 0 atom stereocenters. The summed E-state index contributed by atoms with van der Waals surface area (Å²) in [4.78, 5) is 23.2. The number of hydrogen-bond donors (Lipinski definition) is 2. The maximum atomic E-state index is 12.1. The third-order valence-corrected chi connectivity index (χ3v) is 2.98. The summed E-state index contributed by atoms with van der Waals surface area (Å²) < 4.78 is 10.9. The fraction of sp³-hybridized carbons (Fsp3) is 0.333. The van der Waals surface area contributed by atoms with Gasteiger partial charge in [0.25, 0.3) is 5.91 Å². The van der Waals surface area contributed by atoms with E-state index in [2.05, 4.69) is 26.8 Å². The summed E-state index contributed by atoms with van der Waals surface area (Å²) in [6.07, 6.45) is 0.271. The van der Waals surface area contributed by atoms with Crippen LogP contribution >= 0.6 is 15.9 Å². The molecule has 0 unspecified atom stereocenters. The molecule has 104 valence electrons. The Labute approximate surface area is 119 Å². The molecule has 0 aliphatic heterocycles. The molecule has 2 N–H and O–H groups in total. The number of benzene rings is 1. The molecule has 1 aromatic carbocycles. The van der Waals surface area contributed by atoms with Gasteiger partial charge in [-0.25, -0.2) is 0 Å². The van der Waals surface area contributed by atoms with Crippen molar-refractivity contribution < 1.29 is 19.1 Å². The molecule has 0 aromatic heterocycles. The van der Waals surface area contributed by atoms with Gasteiger partial charge in [-0.15, -0.1) is 0 Å². The van der Waals surface area contributed by atoms with E-state index < -0.39 is 5.91 Å². The number of nitrogens with one attached hydrogen (secondary N) is 2. The molecule has 0 heterocycles. The molecule has 6 nitrogen and oxygen atoms in total. The third kappa shape index (κ3) is 3.60. The normalized spacial score (nSPS) is 9.68. The van der Waals surface area contributed by atoms with E-state index in [-0.39, 0.29) is 17.9 Å². The summed E-state index contributed by atoms with van der Waals surface area (Å²) in [6, 6.07) is 3.34. The van der Waals surface area contributed by atoms with Crippen molar-refractivity contribution in [2.75, 3.05) is 14.2 Å². The number of rotatable bonds is 4. The van der Waals surface area contributed by atoms with Crippen LogP contribution in [0.25, 0.3) is 0 Å². The van der Waals surface area contributed by atoms with Gasteiger partial charge in [0.15, 0.2) is 0 Å². The highest BCUT2D eigenvalue weighted by atomic mass is 79.9. The zero-order chi connectivity index (χ0) is 14.4. The monoisotopic (exact) mass is 330 g/mol. The van der Waals surface area contributed by atoms with Gasteiger partial charge in [0.1, 0.15) is 17.1 Å². The van der Waals surface area contributed by atoms with Gasteiger partial charge in [-0.2, -0.15) is 0 Å². The average Bonchev–Trinajstić information content (AvgIpc) is 2.43. The fourth-order valence-corrected chi connectivity index (χ4v) is 1.89. The molecule has 0 saturated heterocycles. The highest BCUT2D eigenvalue weighted by Crippen LogP contribution is 2.35. The lowest BCUT2D eigenvalue weighted by molar-refractivity contribution is -0.121. The Bertz CT molecular complexity index is 491. The standard InChI is InChI=1S/C12H15BrN2O4/c1-4-9(16)14-15-12(17)10-8(18-2)6-5-7(13)11(10)19-3/h5-6H,4H2,1-3H3,(H,14,16)(H,15,17). The molecule has 0 saturated carbocycles. The molecule has 0 fully saturated rings. The van der Waals surface area contributed by atoms with Crippen molar-refractivity contribution in [3.05, 3.63) is 22.2 Å². The molecule has 0 spiro atoms. The Balaban J connectivity index is 3.06. The van der Waals surface area contributed by atoms with Crippen LogP contribution in [0, 0.1) is 0 Å². The summed E-state index contributed by atoms with van der Waals surface area (Å²) in [5.41, 5.74) is 4.80. The van der Waals surface area contributed by atoms with E-state index >= 15 is 0 Å². The van der Waals surface area contributed by atoms with Crippen molar-refractivity contribution in [3.8, 4) is 11.5 Å². The van der Waals surface area contributed by atoms with Crippen LogP contribution in [0.2, 0.25) is 0 Å². The summed E-state index contributed by atoms with van der Waals surface area (Å²) in [5, 5.41) is 0. The fourth-order valence-electron chi connectivity index (χ4n) is 1.40. The van der Waals surface area contributed by atoms with Gasteiger partial charge in [0.05, 0.1) is 18.7 Å². The first-order valence-corrected chi connectivity index (χ1v) is 6.34. The van der Waals surface area contributed by atoms with E-state index in [9.17, 15) is 9.59 Å². The van der Waals surface area contributed by atoms with Gasteiger partial charge in [0, 0.05) is 6.42 Å². The molecule has 2 amide bonds. The van der Waals surface area contributed by atoms with Crippen LogP contribution < -0.4 is 20.3 Å². The number of hydrogen-bond acceptors (Lipinski definition) is 4. The average molecular weight is 331 g/mol. The minimum Gasteiger partial charge on any atom is -0.496 e. The zero-order valence-electron chi connectivity index (χ0n) is 10.9. The number of ether oxygens (including phenoxy) is 2. The Hall–Kier alpha value is -1.76. The van der Waals surface area contributed by atoms with Crippen molar-refractivity contribution in [2.45, 2.75) is 13.3 Å². The molecule has 19 heavy (non-hydrogen) atoms. The van der Waals surface area contributed by atoms with Crippen LogP contribution in [-0.2, 0) is 4.79 Å². The molecule has 0 bridgehead atoms. The molecule has 1 rings (SSSR count). The Morgan fingerprint density at radius 1 is 1.21 bits per heavy atom. The van der Waals surface area contributed by atoms with Crippen molar-refractivity contribution in [3.63, 3.8) is 0 Å². The van der Waals surface area contributed by atoms with Crippen molar-refractivity contribution in [2.24, 2.45) is 0 Å². The molecule has 0 radical (unpaired) electrons. The Kier molecular flexibility index (Phi) is 5.62. The van der Waals surface area contributed by atoms with E-state index in [1.54, 1.807) is 19.1 Å². The number of hydrazine groups is 1. The van der Waals surface area contributed by atoms with Crippen molar-refractivity contribution in [1.29, 1.82) is 0 Å². The largest absolute Gasteiger partial charge is 0.496 e. The summed E-state index contributed by atoms with van der Waals surface area (Å²) in [6.45, 7) is 1.68. The first-order chi connectivity index (χ1) is 9.04. The lowest BCUT2D eigenvalue weighted by atomic mass is 10.1. The van der Waals surface area contributed by atoms with Gasteiger partial charge < -0.3 is 9.47 Å². The number of carbonyl (C=O) groups excluding carboxylic acids is 2. The molecular weight excluding hydrogens is 316 g/mol. The lowest BCUT2D eigenvalue weighted by Crippen LogP contribution is -2.41. The van der Waals surface area contributed by atoms with Gasteiger partial charge in [-0.3, -0.25) is 20.4 Å². The van der Waals surface area contributed by atoms with E-state index in [4.69, 9.17) is 9.47 Å². The van der Waals surface area contributed by atoms with Crippen LogP contribution in [0.5, 0.6) is 11.5 Å². The highest BCUT2D eigenvalue weighted by Gasteiger charge is 2.21. The Morgan fingerprint density at radius 2 is 1.89 bits per heavy atom. The molecule has 7 heteroatoms. The van der Waals surface area contributed by atoms with Crippen molar-refractivity contribution >= 4 is 27.7 Å². The van der Waals surface area contributed by atoms with E-state index in [1.165, 1.54) is 14.2 Å². The van der Waals surface area contributed by atoms with Gasteiger partial charge in [-0.05, 0) is 28.1 Å². The Morgan fingerprint density at radius 3 is 2.42 bits per heavy atom. The first-order valence-electron chi connectivity index (χ1n) is 5.54. The smallest absolute Gasteiger partial charge is 0.277 e. The van der Waals surface area contributed by atoms with E-state index in [0.717, 1.165) is 0 Å². The van der Waals surface area contributed by atoms with Crippen LogP contribution in [0.1, 0.15) is 23.7 Å². The van der Waals surface area contributed by atoms with Crippen molar-refractivity contribution in [1.82, 2.24) is 10.9 Å². The lowest BCUT2D eigenvalue weighted by Gasteiger charge is -2.14. The number of halogens is 1. The van der Waals surface area contributed by atoms with Crippen LogP contribution in [0.15, 0.2) is 16.6 Å². The summed E-state index contributed by atoms with van der Waals surface area (Å²) in [7, 11) is 2.89. The molecule has 0 aliphatic carbocycles. The number of carbonyl (C=O) groups is 2. The van der Waals surface area contributed by atoms with E-state index in [0.29, 0.717) is 16.0 Å². The molecular formula is C12H15BrN2O4. The number of methoxy groups -OCH3 is 2. The predicted octanol–water partition coefficient (Wildman–Crippen LogP) is 1.64. The minimum atomic E-state index is -0.517. The van der Waals surface area contributed by atoms with Crippen LogP contribution in [0.4, 0.5) is 0 Å². The second kappa shape index (κ2) is 6.98. The number of amides is 2. The highest BCUT2D eigenvalue weighted by molar-refractivity contribution is 9.10. The van der Waals surface area contributed by atoms with Crippen LogP contribution in [0.3, 0.4) is 0 Å². The second-order valence-electron chi connectivity index (χ2n) is 3.51. The van der Waals surface area contributed by atoms with E-state index in [1.807, 2.05) is 0 Å². The predicted molar refractivity (Wildman–Crippen MR) is 73.1 cm³/mol. The molecule has 0 aliphatic rings. The van der Waals surface area contributed by atoms with Crippen LogP contribution in [-0.4, -0.2) is 26.0 Å². The topological polar surface area (TPSA) is 76.7 Å². The zero-order valence-corrected chi connectivity index (χ0v) is 12.5. The summed E-state index contributed by atoms with van der Waals surface area (Å²) >= 11 is 3.28. The third-order valence-electron chi connectivity index (χ3n) is 2.36. The quantitative estimate of drug-likeness (QED) is 0.823.